The van der Waals surface area contributed by atoms with Crippen molar-refractivity contribution < 1.29 is 13.9 Å². The molecule has 90 valence electrons. The van der Waals surface area contributed by atoms with Gasteiger partial charge in [0.05, 0.1) is 13.2 Å². The number of rotatable bonds is 8. The first kappa shape index (κ1) is 13.2. The fourth-order valence-electron chi connectivity index (χ4n) is 1.34. The maximum Gasteiger partial charge on any atom is 0.146 e. The molecule has 0 bridgehead atoms. The van der Waals surface area contributed by atoms with Crippen LogP contribution in [0.3, 0.4) is 0 Å². The predicted molar refractivity (Wildman–Crippen MR) is 64.1 cm³/mol. The standard InChI is InChI=1S/C11H24O3Si/c1-9(4-5-11(2,3)14-15)6-12-7-10-8-13-10/h9-10H,4-8H2,1-3,15H3. The molecule has 2 unspecified atom stereocenters. The van der Waals surface area contributed by atoms with E-state index in [9.17, 15) is 0 Å². The molecule has 1 saturated heterocycles. The molecule has 0 aromatic rings. The number of hydrogen-bond donors (Lipinski definition) is 0. The Balaban J connectivity index is 1.99. The van der Waals surface area contributed by atoms with Gasteiger partial charge < -0.3 is 13.9 Å². The second-order valence-corrected chi connectivity index (χ2v) is 5.51. The first-order valence-corrected chi connectivity index (χ1v) is 6.59. The van der Waals surface area contributed by atoms with Crippen LogP contribution in [0.2, 0.25) is 0 Å². The maximum absolute atomic E-state index is 5.56. The molecule has 3 nitrogen and oxygen atoms in total. The zero-order chi connectivity index (χ0) is 11.3. The fourth-order valence-corrected chi connectivity index (χ4v) is 1.55. The molecule has 0 aromatic heterocycles. The number of epoxide rings is 1. The Morgan fingerprint density at radius 3 is 2.73 bits per heavy atom. The third kappa shape index (κ3) is 6.30. The second kappa shape index (κ2) is 5.99. The molecular weight excluding hydrogens is 208 g/mol. The van der Waals surface area contributed by atoms with Crippen molar-refractivity contribution in [2.45, 2.75) is 45.3 Å². The van der Waals surface area contributed by atoms with Gasteiger partial charge in [-0.15, -0.1) is 0 Å². The van der Waals surface area contributed by atoms with Crippen LogP contribution in [-0.2, 0) is 13.9 Å². The van der Waals surface area contributed by atoms with E-state index in [0.717, 1.165) is 36.7 Å². The summed E-state index contributed by atoms with van der Waals surface area (Å²) in [6.07, 6.45) is 2.67. The van der Waals surface area contributed by atoms with Crippen LogP contribution in [0.5, 0.6) is 0 Å². The summed E-state index contributed by atoms with van der Waals surface area (Å²) in [7, 11) is 0.818. The Hall–Kier alpha value is 0.0969. The molecule has 1 heterocycles. The van der Waals surface area contributed by atoms with E-state index >= 15 is 0 Å². The van der Waals surface area contributed by atoms with Gasteiger partial charge in [0, 0.05) is 12.2 Å². The van der Waals surface area contributed by atoms with Crippen molar-refractivity contribution in [3.8, 4) is 0 Å². The third-order valence-corrected chi connectivity index (χ3v) is 4.01. The molecule has 0 spiro atoms. The van der Waals surface area contributed by atoms with Crippen molar-refractivity contribution in [2.24, 2.45) is 5.92 Å². The van der Waals surface area contributed by atoms with Gasteiger partial charge in [-0.05, 0) is 32.6 Å². The lowest BCUT2D eigenvalue weighted by Gasteiger charge is -2.25. The van der Waals surface area contributed by atoms with Crippen molar-refractivity contribution in [1.29, 1.82) is 0 Å². The van der Waals surface area contributed by atoms with E-state index in [1.807, 2.05) is 0 Å². The minimum atomic E-state index is 0.0556. The van der Waals surface area contributed by atoms with Crippen molar-refractivity contribution in [3.05, 3.63) is 0 Å². The Labute approximate surface area is 96.0 Å². The van der Waals surface area contributed by atoms with Crippen LogP contribution < -0.4 is 0 Å². The summed E-state index contributed by atoms with van der Waals surface area (Å²) in [6.45, 7) is 9.05. The topological polar surface area (TPSA) is 31.0 Å². The minimum absolute atomic E-state index is 0.0556. The fraction of sp³-hybridized carbons (Fsp3) is 1.00. The van der Waals surface area contributed by atoms with Crippen LogP contribution in [0.15, 0.2) is 0 Å². The molecule has 1 aliphatic rings. The Morgan fingerprint density at radius 2 is 2.20 bits per heavy atom. The molecule has 4 heteroatoms. The molecule has 0 amide bonds. The lowest BCUT2D eigenvalue weighted by atomic mass is 9.97. The highest BCUT2D eigenvalue weighted by molar-refractivity contribution is 5.98. The van der Waals surface area contributed by atoms with Crippen LogP contribution in [0.1, 0.15) is 33.6 Å². The summed E-state index contributed by atoms with van der Waals surface area (Å²) in [5.74, 6) is 0.611. The smallest absolute Gasteiger partial charge is 0.146 e. The van der Waals surface area contributed by atoms with Gasteiger partial charge in [0.25, 0.3) is 0 Å². The highest BCUT2D eigenvalue weighted by atomic mass is 28.2. The quantitative estimate of drug-likeness (QED) is 0.460. The van der Waals surface area contributed by atoms with Crippen molar-refractivity contribution in [2.75, 3.05) is 19.8 Å². The van der Waals surface area contributed by atoms with Crippen molar-refractivity contribution in [1.82, 2.24) is 0 Å². The van der Waals surface area contributed by atoms with E-state index in [-0.39, 0.29) is 5.60 Å². The van der Waals surface area contributed by atoms with E-state index in [0.29, 0.717) is 12.0 Å². The summed E-state index contributed by atoms with van der Waals surface area (Å²) in [5.41, 5.74) is 0.0556. The molecule has 0 aliphatic carbocycles. The third-order valence-electron chi connectivity index (χ3n) is 2.90. The van der Waals surface area contributed by atoms with Gasteiger partial charge in [-0.25, -0.2) is 0 Å². The Morgan fingerprint density at radius 1 is 1.53 bits per heavy atom. The van der Waals surface area contributed by atoms with E-state index < -0.39 is 0 Å². The minimum Gasteiger partial charge on any atom is -0.423 e. The van der Waals surface area contributed by atoms with E-state index in [2.05, 4.69) is 20.8 Å². The van der Waals surface area contributed by atoms with E-state index in [1.54, 1.807) is 0 Å². The Bertz CT molecular complexity index is 181. The summed E-state index contributed by atoms with van der Waals surface area (Å²) in [6, 6.07) is 0. The molecule has 0 N–H and O–H groups in total. The van der Waals surface area contributed by atoms with Gasteiger partial charge in [0.1, 0.15) is 16.6 Å². The second-order valence-electron chi connectivity index (χ2n) is 5.10. The molecule has 0 radical (unpaired) electrons. The van der Waals surface area contributed by atoms with Gasteiger partial charge in [-0.2, -0.15) is 0 Å². The molecular formula is C11H24O3Si. The zero-order valence-electron chi connectivity index (χ0n) is 10.4. The Kier molecular flexibility index (Phi) is 5.25. The predicted octanol–water partition coefficient (Wildman–Crippen LogP) is 0.894. The molecule has 2 atom stereocenters. The van der Waals surface area contributed by atoms with Crippen molar-refractivity contribution >= 4 is 10.5 Å². The molecule has 15 heavy (non-hydrogen) atoms. The lowest BCUT2D eigenvalue weighted by molar-refractivity contribution is 0.0685. The maximum atomic E-state index is 5.56. The average Bonchev–Trinajstić information content (AvgIpc) is 2.99. The highest BCUT2D eigenvalue weighted by Crippen LogP contribution is 2.19. The van der Waals surface area contributed by atoms with Crippen molar-refractivity contribution in [3.63, 3.8) is 0 Å². The molecule has 0 aromatic carbocycles. The number of hydrogen-bond acceptors (Lipinski definition) is 3. The molecule has 1 aliphatic heterocycles. The number of ether oxygens (including phenoxy) is 2. The SMILES string of the molecule is CC(CCC(C)(C)O[SiH3])COCC1CO1. The summed E-state index contributed by atoms with van der Waals surface area (Å²) < 4.78 is 16.2. The zero-order valence-corrected chi connectivity index (χ0v) is 12.4. The van der Waals surface area contributed by atoms with E-state index in [1.165, 1.54) is 6.42 Å². The summed E-state index contributed by atoms with van der Waals surface area (Å²) in [4.78, 5) is 0. The van der Waals surface area contributed by atoms with Gasteiger partial charge in [-0.3, -0.25) is 0 Å². The lowest BCUT2D eigenvalue weighted by Crippen LogP contribution is -2.24. The van der Waals surface area contributed by atoms with Crippen LogP contribution >= 0.6 is 0 Å². The van der Waals surface area contributed by atoms with Crippen LogP contribution in [-0.4, -0.2) is 42.0 Å². The largest absolute Gasteiger partial charge is 0.423 e. The van der Waals surface area contributed by atoms with E-state index in [4.69, 9.17) is 13.9 Å². The molecule has 0 saturated carbocycles. The van der Waals surface area contributed by atoms with Crippen LogP contribution in [0.4, 0.5) is 0 Å². The highest BCUT2D eigenvalue weighted by Gasteiger charge is 2.23. The normalized spacial score (nSPS) is 23.0. The average molecular weight is 232 g/mol. The first-order chi connectivity index (χ1) is 7.03. The van der Waals surface area contributed by atoms with Gasteiger partial charge >= 0.3 is 0 Å². The summed E-state index contributed by atoms with van der Waals surface area (Å²) in [5, 5.41) is 0. The van der Waals surface area contributed by atoms with Crippen LogP contribution in [0, 0.1) is 5.92 Å². The monoisotopic (exact) mass is 232 g/mol. The van der Waals surface area contributed by atoms with Gasteiger partial charge in [0.15, 0.2) is 0 Å². The molecule has 1 rings (SSSR count). The van der Waals surface area contributed by atoms with Crippen LogP contribution in [0.25, 0.3) is 0 Å². The van der Waals surface area contributed by atoms with Gasteiger partial charge in [0.2, 0.25) is 0 Å². The summed E-state index contributed by atoms with van der Waals surface area (Å²) >= 11 is 0. The van der Waals surface area contributed by atoms with Gasteiger partial charge in [-0.1, -0.05) is 6.92 Å². The first-order valence-electron chi connectivity index (χ1n) is 5.78. The molecule has 1 fully saturated rings.